The molecule has 164 valence electrons. The summed E-state index contributed by atoms with van der Waals surface area (Å²) in [5, 5.41) is 3.43. The number of carbonyl (C=O) groups excluding carboxylic acids is 3. The van der Waals surface area contributed by atoms with Crippen molar-refractivity contribution in [2.45, 2.75) is 12.8 Å². The number of rotatable bonds is 6. The number of oxazole rings is 1. The number of carbonyl (C=O) groups is 3. The summed E-state index contributed by atoms with van der Waals surface area (Å²) in [5.74, 6) is -0.512. The molecule has 0 radical (unpaired) electrons. The number of imide groups is 1. The fourth-order valence-electron chi connectivity index (χ4n) is 3.85. The fraction of sp³-hybridized carbons (Fsp3) is 0.120. The van der Waals surface area contributed by atoms with E-state index in [4.69, 9.17) is 16.0 Å². The molecule has 0 saturated heterocycles. The van der Waals surface area contributed by atoms with Crippen molar-refractivity contribution < 1.29 is 18.8 Å². The van der Waals surface area contributed by atoms with Crippen molar-refractivity contribution in [1.82, 2.24) is 9.88 Å². The summed E-state index contributed by atoms with van der Waals surface area (Å²) >= 11 is 6.03. The number of para-hydroxylation sites is 1. The van der Waals surface area contributed by atoms with Gasteiger partial charge in [-0.1, -0.05) is 35.9 Å². The van der Waals surface area contributed by atoms with Crippen LogP contribution in [0.4, 0.5) is 5.69 Å². The van der Waals surface area contributed by atoms with Gasteiger partial charge in [0.15, 0.2) is 5.58 Å². The molecular weight excluding hydrogens is 442 g/mol. The maximum atomic E-state index is 12.6. The van der Waals surface area contributed by atoms with Crippen LogP contribution in [0.2, 0.25) is 5.02 Å². The molecule has 0 saturated carbocycles. The highest BCUT2D eigenvalue weighted by Crippen LogP contribution is 2.31. The van der Waals surface area contributed by atoms with E-state index in [1.54, 1.807) is 60.7 Å². The van der Waals surface area contributed by atoms with Gasteiger partial charge in [0.25, 0.3) is 11.8 Å². The largest absolute Gasteiger partial charge is 0.436 e. The van der Waals surface area contributed by atoms with Crippen molar-refractivity contribution in [2.75, 3.05) is 11.9 Å². The molecule has 7 nitrogen and oxygen atoms in total. The van der Waals surface area contributed by atoms with Crippen LogP contribution >= 0.6 is 11.6 Å². The number of anilines is 1. The molecule has 0 atom stereocenters. The Kier molecular flexibility index (Phi) is 5.40. The Bertz CT molecular complexity index is 1380. The zero-order chi connectivity index (χ0) is 22.9. The lowest BCUT2D eigenvalue weighted by molar-refractivity contribution is -0.116. The SMILES string of the molecule is O=C(CCCN1C(=O)c2ccccc2C1=O)Nc1ccccc1-c1nc2cc(Cl)ccc2o1. The number of aromatic nitrogens is 1. The first-order valence-electron chi connectivity index (χ1n) is 10.4. The van der Waals surface area contributed by atoms with E-state index in [2.05, 4.69) is 10.3 Å². The lowest BCUT2D eigenvalue weighted by Gasteiger charge is -2.14. The minimum atomic E-state index is -0.322. The second-order valence-corrected chi connectivity index (χ2v) is 8.07. The Balaban J connectivity index is 1.25. The Morgan fingerprint density at radius 1 is 0.939 bits per heavy atom. The van der Waals surface area contributed by atoms with Gasteiger partial charge in [0.05, 0.1) is 22.4 Å². The lowest BCUT2D eigenvalue weighted by atomic mass is 10.1. The highest BCUT2D eigenvalue weighted by molar-refractivity contribution is 6.31. The van der Waals surface area contributed by atoms with Gasteiger partial charge in [-0.05, 0) is 48.9 Å². The van der Waals surface area contributed by atoms with Crippen molar-refractivity contribution in [3.63, 3.8) is 0 Å². The smallest absolute Gasteiger partial charge is 0.261 e. The third-order valence-corrected chi connectivity index (χ3v) is 5.68. The van der Waals surface area contributed by atoms with E-state index in [0.717, 1.165) is 0 Å². The molecule has 4 aromatic rings. The molecule has 0 aliphatic carbocycles. The molecule has 0 spiro atoms. The van der Waals surface area contributed by atoms with Crippen LogP contribution in [0.15, 0.2) is 71.1 Å². The molecule has 5 rings (SSSR count). The first-order chi connectivity index (χ1) is 16.0. The summed E-state index contributed by atoms with van der Waals surface area (Å²) in [6, 6.07) is 19.1. The summed E-state index contributed by atoms with van der Waals surface area (Å²) in [4.78, 5) is 43.2. The van der Waals surface area contributed by atoms with Gasteiger partial charge in [0.2, 0.25) is 11.8 Å². The van der Waals surface area contributed by atoms with E-state index in [9.17, 15) is 14.4 Å². The number of halogens is 1. The van der Waals surface area contributed by atoms with Crippen LogP contribution in [-0.4, -0.2) is 34.2 Å². The van der Waals surface area contributed by atoms with E-state index in [0.29, 0.717) is 50.8 Å². The Labute approximate surface area is 194 Å². The minimum absolute atomic E-state index is 0.144. The summed E-state index contributed by atoms with van der Waals surface area (Å²) in [6.07, 6.45) is 0.492. The van der Waals surface area contributed by atoms with E-state index in [1.807, 2.05) is 6.07 Å². The monoisotopic (exact) mass is 459 g/mol. The molecule has 0 fully saturated rings. The second-order valence-electron chi connectivity index (χ2n) is 7.64. The number of fused-ring (bicyclic) bond motifs is 2. The quantitative estimate of drug-likeness (QED) is 0.402. The molecule has 3 aromatic carbocycles. The Morgan fingerprint density at radius 3 is 2.33 bits per heavy atom. The molecule has 1 aliphatic rings. The van der Waals surface area contributed by atoms with Crippen molar-refractivity contribution in [1.29, 1.82) is 0 Å². The standard InChI is InChI=1S/C25H18ClN3O4/c26-15-11-12-21-20(14-15)28-23(33-21)18-8-3-4-9-19(18)27-22(30)10-5-13-29-24(31)16-6-1-2-7-17(16)25(29)32/h1-4,6-9,11-12,14H,5,10,13H2,(H,27,30). The molecule has 8 heteroatoms. The predicted octanol–water partition coefficient (Wildman–Crippen LogP) is 5.16. The number of hydrogen-bond acceptors (Lipinski definition) is 5. The van der Waals surface area contributed by atoms with Crippen LogP contribution in [-0.2, 0) is 4.79 Å². The van der Waals surface area contributed by atoms with E-state index < -0.39 is 0 Å². The van der Waals surface area contributed by atoms with Crippen LogP contribution < -0.4 is 5.32 Å². The van der Waals surface area contributed by atoms with Crippen LogP contribution in [0, 0.1) is 0 Å². The number of amides is 3. The summed E-state index contributed by atoms with van der Waals surface area (Å²) in [5.41, 5.74) is 3.22. The zero-order valence-electron chi connectivity index (χ0n) is 17.4. The maximum absolute atomic E-state index is 12.6. The average molecular weight is 460 g/mol. The summed E-state index contributed by atoms with van der Waals surface area (Å²) in [7, 11) is 0. The van der Waals surface area contributed by atoms with Gasteiger partial charge >= 0.3 is 0 Å². The van der Waals surface area contributed by atoms with Crippen LogP contribution in [0.1, 0.15) is 33.6 Å². The van der Waals surface area contributed by atoms with Crippen molar-refractivity contribution in [3.05, 3.63) is 82.9 Å². The number of nitrogens with zero attached hydrogens (tertiary/aromatic N) is 2. The fourth-order valence-corrected chi connectivity index (χ4v) is 4.01. The van der Waals surface area contributed by atoms with Gasteiger partial charge in [-0.3, -0.25) is 19.3 Å². The van der Waals surface area contributed by atoms with E-state index >= 15 is 0 Å². The molecule has 2 heterocycles. The van der Waals surface area contributed by atoms with Crippen molar-refractivity contribution >= 4 is 46.1 Å². The van der Waals surface area contributed by atoms with Gasteiger partial charge in [-0.25, -0.2) is 4.98 Å². The van der Waals surface area contributed by atoms with Crippen LogP contribution in [0.25, 0.3) is 22.6 Å². The van der Waals surface area contributed by atoms with Gasteiger partial charge in [-0.2, -0.15) is 0 Å². The van der Waals surface area contributed by atoms with Crippen LogP contribution in [0.3, 0.4) is 0 Å². The Hall–Kier alpha value is -3.97. The zero-order valence-corrected chi connectivity index (χ0v) is 18.1. The highest BCUT2D eigenvalue weighted by atomic mass is 35.5. The van der Waals surface area contributed by atoms with Gasteiger partial charge < -0.3 is 9.73 Å². The highest BCUT2D eigenvalue weighted by Gasteiger charge is 2.34. The maximum Gasteiger partial charge on any atom is 0.261 e. The molecule has 0 bridgehead atoms. The van der Waals surface area contributed by atoms with Gasteiger partial charge in [0.1, 0.15) is 5.52 Å². The summed E-state index contributed by atoms with van der Waals surface area (Å²) < 4.78 is 5.83. The number of nitrogens with one attached hydrogen (secondary N) is 1. The number of benzene rings is 3. The first kappa shape index (κ1) is 20.9. The third-order valence-electron chi connectivity index (χ3n) is 5.44. The van der Waals surface area contributed by atoms with Gasteiger partial charge in [-0.15, -0.1) is 0 Å². The van der Waals surface area contributed by atoms with E-state index in [-0.39, 0.29) is 30.7 Å². The normalized spacial score (nSPS) is 12.9. The number of hydrogen-bond donors (Lipinski definition) is 1. The van der Waals surface area contributed by atoms with Crippen molar-refractivity contribution in [3.8, 4) is 11.5 Å². The average Bonchev–Trinajstić information content (AvgIpc) is 3.34. The third kappa shape index (κ3) is 3.99. The molecular formula is C25H18ClN3O4. The Morgan fingerprint density at radius 2 is 1.61 bits per heavy atom. The van der Waals surface area contributed by atoms with E-state index in [1.165, 1.54) is 4.90 Å². The molecule has 33 heavy (non-hydrogen) atoms. The van der Waals surface area contributed by atoms with Crippen LogP contribution in [0.5, 0.6) is 0 Å². The second kappa shape index (κ2) is 8.52. The topological polar surface area (TPSA) is 92.5 Å². The molecule has 1 aromatic heterocycles. The molecule has 1 N–H and O–H groups in total. The summed E-state index contributed by atoms with van der Waals surface area (Å²) in [6.45, 7) is 0.174. The molecule has 0 unspecified atom stereocenters. The molecule has 1 aliphatic heterocycles. The lowest BCUT2D eigenvalue weighted by Crippen LogP contribution is -2.31. The minimum Gasteiger partial charge on any atom is -0.436 e. The van der Waals surface area contributed by atoms with Crippen molar-refractivity contribution in [2.24, 2.45) is 0 Å². The first-order valence-corrected chi connectivity index (χ1v) is 10.8. The van der Waals surface area contributed by atoms with Gasteiger partial charge in [0, 0.05) is 18.0 Å². The predicted molar refractivity (Wildman–Crippen MR) is 124 cm³/mol. The molecule has 3 amide bonds.